The molecule has 0 aliphatic heterocycles. The molecule has 1 N–H and O–H groups in total. The summed E-state index contributed by atoms with van der Waals surface area (Å²) in [5.41, 5.74) is 2.46. The van der Waals surface area contributed by atoms with Gasteiger partial charge >= 0.3 is 0 Å². The Kier molecular flexibility index (Phi) is 4.41. The minimum Gasteiger partial charge on any atom is -0.389 e. The summed E-state index contributed by atoms with van der Waals surface area (Å²) < 4.78 is 0. The second kappa shape index (κ2) is 5.61. The predicted molar refractivity (Wildman–Crippen MR) is 61.0 cm³/mol. The zero-order valence-electron chi connectivity index (χ0n) is 8.90. The molecule has 0 radical (unpaired) electrons. The summed E-state index contributed by atoms with van der Waals surface area (Å²) in [5, 5.41) is 9.33. The van der Waals surface area contributed by atoms with Crippen LogP contribution in [0.5, 0.6) is 0 Å². The standard InChI is InChI=1S/C13H18O/c1-3-7-13(10-11(2)14)12-8-5-4-6-9-12/h4-6,8-11,14H,3,7H2,1-2H3/b13-10-. The van der Waals surface area contributed by atoms with Gasteiger partial charge in [0, 0.05) is 0 Å². The molecule has 0 amide bonds. The third-order valence-corrected chi connectivity index (χ3v) is 2.11. The van der Waals surface area contributed by atoms with Gasteiger partial charge < -0.3 is 5.11 Å². The second-order valence-electron chi connectivity index (χ2n) is 3.55. The summed E-state index contributed by atoms with van der Waals surface area (Å²) in [6, 6.07) is 10.2. The van der Waals surface area contributed by atoms with Crippen molar-refractivity contribution in [3.8, 4) is 0 Å². The molecule has 1 aromatic carbocycles. The van der Waals surface area contributed by atoms with Gasteiger partial charge in [-0.25, -0.2) is 0 Å². The van der Waals surface area contributed by atoms with Gasteiger partial charge in [-0.05, 0) is 24.5 Å². The molecule has 0 heterocycles. The molecule has 76 valence electrons. The van der Waals surface area contributed by atoms with Gasteiger partial charge in [-0.3, -0.25) is 0 Å². The monoisotopic (exact) mass is 190 g/mol. The Hall–Kier alpha value is -1.08. The zero-order chi connectivity index (χ0) is 10.4. The lowest BCUT2D eigenvalue weighted by Gasteiger charge is -2.07. The average molecular weight is 190 g/mol. The lowest BCUT2D eigenvalue weighted by atomic mass is 10.00. The van der Waals surface area contributed by atoms with Crippen molar-refractivity contribution in [2.75, 3.05) is 0 Å². The van der Waals surface area contributed by atoms with E-state index in [9.17, 15) is 5.11 Å². The quantitative estimate of drug-likeness (QED) is 0.772. The fourth-order valence-electron chi connectivity index (χ4n) is 1.54. The third-order valence-electron chi connectivity index (χ3n) is 2.11. The molecule has 0 bridgehead atoms. The molecule has 0 aliphatic rings. The summed E-state index contributed by atoms with van der Waals surface area (Å²) >= 11 is 0. The van der Waals surface area contributed by atoms with Crippen LogP contribution >= 0.6 is 0 Å². The van der Waals surface area contributed by atoms with E-state index >= 15 is 0 Å². The van der Waals surface area contributed by atoms with Crippen LogP contribution in [-0.4, -0.2) is 11.2 Å². The second-order valence-corrected chi connectivity index (χ2v) is 3.55. The topological polar surface area (TPSA) is 20.2 Å². The molecule has 0 saturated carbocycles. The molecule has 1 nitrogen and oxygen atoms in total. The van der Waals surface area contributed by atoms with Gasteiger partial charge in [0.1, 0.15) is 0 Å². The molecule has 1 aromatic rings. The normalized spacial score (nSPS) is 14.1. The lowest BCUT2D eigenvalue weighted by Crippen LogP contribution is -1.96. The van der Waals surface area contributed by atoms with Crippen molar-refractivity contribution in [2.45, 2.75) is 32.8 Å². The number of aliphatic hydroxyl groups excluding tert-OH is 1. The molecule has 14 heavy (non-hydrogen) atoms. The molecular weight excluding hydrogens is 172 g/mol. The minimum atomic E-state index is -0.364. The van der Waals surface area contributed by atoms with Crippen molar-refractivity contribution >= 4 is 5.57 Å². The fourth-order valence-corrected chi connectivity index (χ4v) is 1.54. The van der Waals surface area contributed by atoms with Crippen molar-refractivity contribution in [3.05, 3.63) is 42.0 Å². The number of rotatable bonds is 4. The van der Waals surface area contributed by atoms with Crippen LogP contribution in [0.3, 0.4) is 0 Å². The maximum atomic E-state index is 9.33. The van der Waals surface area contributed by atoms with Gasteiger partial charge in [0.15, 0.2) is 0 Å². The van der Waals surface area contributed by atoms with Crippen molar-refractivity contribution in [1.82, 2.24) is 0 Å². The average Bonchev–Trinajstić information content (AvgIpc) is 2.18. The first-order chi connectivity index (χ1) is 6.74. The van der Waals surface area contributed by atoms with Crippen LogP contribution in [-0.2, 0) is 0 Å². The Morgan fingerprint density at radius 1 is 1.36 bits per heavy atom. The fraction of sp³-hybridized carbons (Fsp3) is 0.385. The Balaban J connectivity index is 2.89. The number of hydrogen-bond donors (Lipinski definition) is 1. The largest absolute Gasteiger partial charge is 0.389 e. The summed E-state index contributed by atoms with van der Waals surface area (Å²) in [5.74, 6) is 0. The number of allylic oxidation sites excluding steroid dienone is 1. The lowest BCUT2D eigenvalue weighted by molar-refractivity contribution is 0.244. The van der Waals surface area contributed by atoms with E-state index in [2.05, 4.69) is 19.1 Å². The molecular formula is C13H18O. The molecule has 1 atom stereocenters. The Morgan fingerprint density at radius 3 is 2.50 bits per heavy atom. The van der Waals surface area contributed by atoms with Crippen LogP contribution in [0.2, 0.25) is 0 Å². The molecule has 0 fully saturated rings. The Bertz CT molecular complexity index is 285. The van der Waals surface area contributed by atoms with Crippen molar-refractivity contribution in [1.29, 1.82) is 0 Å². The summed E-state index contributed by atoms with van der Waals surface area (Å²) in [6.07, 6.45) is 3.69. The van der Waals surface area contributed by atoms with Crippen LogP contribution in [0.4, 0.5) is 0 Å². The highest BCUT2D eigenvalue weighted by Gasteiger charge is 2.01. The first kappa shape index (κ1) is 11.0. The SMILES string of the molecule is CCC/C(=C/C(C)O)c1ccccc1. The molecule has 1 heteroatoms. The molecule has 0 saturated heterocycles. The summed E-state index contributed by atoms with van der Waals surface area (Å²) in [7, 11) is 0. The molecule has 1 rings (SSSR count). The maximum Gasteiger partial charge on any atom is 0.0698 e. The number of hydrogen-bond acceptors (Lipinski definition) is 1. The summed E-state index contributed by atoms with van der Waals surface area (Å²) in [4.78, 5) is 0. The van der Waals surface area contributed by atoms with Gasteiger partial charge in [0.05, 0.1) is 6.10 Å². The van der Waals surface area contributed by atoms with Gasteiger partial charge in [0.25, 0.3) is 0 Å². The highest BCUT2D eigenvalue weighted by molar-refractivity contribution is 5.65. The third kappa shape index (κ3) is 3.35. The first-order valence-electron chi connectivity index (χ1n) is 5.18. The predicted octanol–water partition coefficient (Wildman–Crippen LogP) is 3.25. The van der Waals surface area contributed by atoms with Gasteiger partial charge in [0.2, 0.25) is 0 Å². The van der Waals surface area contributed by atoms with Crippen molar-refractivity contribution in [2.24, 2.45) is 0 Å². The highest BCUT2D eigenvalue weighted by Crippen LogP contribution is 2.19. The Morgan fingerprint density at radius 2 is 2.00 bits per heavy atom. The maximum absolute atomic E-state index is 9.33. The van der Waals surface area contributed by atoms with Gasteiger partial charge in [-0.15, -0.1) is 0 Å². The van der Waals surface area contributed by atoms with E-state index in [1.54, 1.807) is 6.92 Å². The number of benzene rings is 1. The van der Waals surface area contributed by atoms with E-state index in [0.29, 0.717) is 0 Å². The Labute approximate surface area is 86.1 Å². The van der Waals surface area contributed by atoms with E-state index in [-0.39, 0.29) is 6.10 Å². The summed E-state index contributed by atoms with van der Waals surface area (Å²) in [6.45, 7) is 3.94. The van der Waals surface area contributed by atoms with E-state index in [1.807, 2.05) is 24.3 Å². The molecule has 1 unspecified atom stereocenters. The highest BCUT2D eigenvalue weighted by atomic mass is 16.3. The van der Waals surface area contributed by atoms with Crippen molar-refractivity contribution in [3.63, 3.8) is 0 Å². The minimum absolute atomic E-state index is 0.364. The van der Waals surface area contributed by atoms with Crippen LogP contribution in [0, 0.1) is 0 Å². The molecule has 0 spiro atoms. The first-order valence-corrected chi connectivity index (χ1v) is 5.18. The van der Waals surface area contributed by atoms with E-state index in [0.717, 1.165) is 12.8 Å². The van der Waals surface area contributed by atoms with Crippen molar-refractivity contribution < 1.29 is 5.11 Å². The van der Waals surface area contributed by atoms with E-state index in [1.165, 1.54) is 11.1 Å². The molecule has 0 aromatic heterocycles. The van der Waals surface area contributed by atoms with E-state index < -0.39 is 0 Å². The van der Waals surface area contributed by atoms with Gasteiger partial charge in [-0.1, -0.05) is 49.8 Å². The molecule has 0 aliphatic carbocycles. The number of aliphatic hydroxyl groups is 1. The van der Waals surface area contributed by atoms with Crippen LogP contribution in [0.15, 0.2) is 36.4 Å². The smallest absolute Gasteiger partial charge is 0.0698 e. The van der Waals surface area contributed by atoms with Crippen LogP contribution in [0.25, 0.3) is 5.57 Å². The zero-order valence-corrected chi connectivity index (χ0v) is 8.90. The van der Waals surface area contributed by atoms with E-state index in [4.69, 9.17) is 0 Å². The van der Waals surface area contributed by atoms with Crippen LogP contribution < -0.4 is 0 Å². The van der Waals surface area contributed by atoms with Gasteiger partial charge in [-0.2, -0.15) is 0 Å². The van der Waals surface area contributed by atoms with Crippen LogP contribution in [0.1, 0.15) is 32.3 Å².